The molecule has 2 atom stereocenters. The van der Waals surface area contributed by atoms with E-state index in [4.69, 9.17) is 14.2 Å². The Morgan fingerprint density at radius 2 is 1.74 bits per heavy atom. The molecule has 0 bridgehead atoms. The summed E-state index contributed by atoms with van der Waals surface area (Å²) in [5.41, 5.74) is 1.13. The molecule has 46 heavy (non-hydrogen) atoms. The summed E-state index contributed by atoms with van der Waals surface area (Å²) in [7, 11) is 0. The quantitative estimate of drug-likeness (QED) is 0.0822. The Hall–Kier alpha value is -4.57. The normalized spacial score (nSPS) is 12.8. The summed E-state index contributed by atoms with van der Waals surface area (Å²) in [6.07, 6.45) is 6.00. The summed E-state index contributed by atoms with van der Waals surface area (Å²) >= 11 is 0. The summed E-state index contributed by atoms with van der Waals surface area (Å²) in [5, 5.41) is 9.32. The van der Waals surface area contributed by atoms with Crippen LogP contribution in [0.5, 0.6) is 5.75 Å². The van der Waals surface area contributed by atoms with Gasteiger partial charge in [0.05, 0.1) is 31.7 Å². The molecule has 3 N–H and O–H groups in total. The van der Waals surface area contributed by atoms with E-state index in [-0.39, 0.29) is 12.5 Å². The minimum atomic E-state index is -0.818. The van der Waals surface area contributed by atoms with E-state index in [1.165, 1.54) is 6.33 Å². The molecule has 3 rings (SSSR count). The van der Waals surface area contributed by atoms with Crippen LogP contribution in [0.4, 0.5) is 5.82 Å². The van der Waals surface area contributed by atoms with Crippen LogP contribution in [0.1, 0.15) is 71.6 Å². The number of nitrogens with zero attached hydrogens (tertiary/aromatic N) is 2. The highest BCUT2D eigenvalue weighted by atomic mass is 16.5. The molecule has 0 fully saturated rings. The zero-order valence-electron chi connectivity index (χ0n) is 28.0. The molecule has 10 heteroatoms. The second kappa shape index (κ2) is 16.7. The molecule has 248 valence electrons. The van der Waals surface area contributed by atoms with Crippen molar-refractivity contribution in [1.82, 2.24) is 20.2 Å². The predicted molar refractivity (Wildman–Crippen MR) is 181 cm³/mol. The van der Waals surface area contributed by atoms with E-state index in [2.05, 4.69) is 41.0 Å². The molecule has 1 aromatic heterocycles. The van der Waals surface area contributed by atoms with Gasteiger partial charge in [0.25, 0.3) is 0 Å². The second-order valence-corrected chi connectivity index (χ2v) is 12.6. The van der Waals surface area contributed by atoms with Crippen LogP contribution < -0.4 is 20.7 Å². The minimum absolute atomic E-state index is 0.0552. The molecule has 2 aromatic carbocycles. The van der Waals surface area contributed by atoms with E-state index >= 15 is 0 Å². The number of carbonyl (C=O) groups excluding carboxylic acids is 2. The van der Waals surface area contributed by atoms with Gasteiger partial charge >= 0.3 is 0 Å². The molecule has 0 saturated heterocycles. The number of hydrogen-bond acceptors (Lipinski definition) is 8. The first-order chi connectivity index (χ1) is 21.8. The van der Waals surface area contributed by atoms with Crippen LogP contribution >= 0.6 is 0 Å². The lowest BCUT2D eigenvalue weighted by molar-refractivity contribution is -0.119. The van der Waals surface area contributed by atoms with Crippen LogP contribution in [0.2, 0.25) is 0 Å². The number of aromatic nitrogens is 2. The number of hydrogen-bond donors (Lipinski definition) is 3. The predicted octanol–water partition coefficient (Wildman–Crippen LogP) is 6.13. The fourth-order valence-corrected chi connectivity index (χ4v) is 4.44. The van der Waals surface area contributed by atoms with Gasteiger partial charge in [-0.3, -0.25) is 4.79 Å². The monoisotopic (exact) mass is 631 g/mol. The van der Waals surface area contributed by atoms with Crippen molar-refractivity contribution in [3.63, 3.8) is 0 Å². The number of benzene rings is 2. The highest BCUT2D eigenvalue weighted by Gasteiger charge is 2.29. The average molecular weight is 632 g/mol. The van der Waals surface area contributed by atoms with Crippen LogP contribution in [0.25, 0.3) is 0 Å². The Labute approximate surface area is 273 Å². The zero-order valence-corrected chi connectivity index (χ0v) is 28.0. The molecule has 0 radical (unpaired) electrons. The lowest BCUT2D eigenvalue weighted by atomic mass is 10.0. The van der Waals surface area contributed by atoms with Gasteiger partial charge in [-0.2, -0.15) is 0 Å². The number of nitrogens with one attached hydrogen (secondary N) is 3. The molecule has 1 heterocycles. The van der Waals surface area contributed by atoms with E-state index < -0.39 is 23.2 Å². The van der Waals surface area contributed by atoms with Gasteiger partial charge in [-0.15, -0.1) is 0 Å². The fraction of sp³-hybridized carbons (Fsp3) is 0.417. The Kier molecular flexibility index (Phi) is 13.0. The molecular formula is C36H49N5O5. The van der Waals surface area contributed by atoms with Crippen molar-refractivity contribution < 1.29 is 23.8 Å². The maximum atomic E-state index is 13.6. The molecule has 0 aliphatic carbocycles. The van der Waals surface area contributed by atoms with Crippen molar-refractivity contribution in [2.75, 3.05) is 18.5 Å². The number of carbonyl (C=O) groups is 2. The number of amides is 1. The Morgan fingerprint density at radius 3 is 2.37 bits per heavy atom. The highest BCUT2D eigenvalue weighted by Crippen LogP contribution is 2.22. The van der Waals surface area contributed by atoms with Crippen LogP contribution in [0, 0.1) is 0 Å². The van der Waals surface area contributed by atoms with Gasteiger partial charge < -0.3 is 39.5 Å². The van der Waals surface area contributed by atoms with E-state index in [1.807, 2.05) is 89.2 Å². The Morgan fingerprint density at radius 1 is 1.04 bits per heavy atom. The van der Waals surface area contributed by atoms with Gasteiger partial charge in [0.1, 0.15) is 29.7 Å². The van der Waals surface area contributed by atoms with Crippen molar-refractivity contribution in [2.45, 2.75) is 84.2 Å². The first-order valence-electron chi connectivity index (χ1n) is 15.6. The lowest BCUT2D eigenvalue weighted by Gasteiger charge is -2.35. The topological polar surface area (TPSA) is 116 Å². The third-order valence-corrected chi connectivity index (χ3v) is 6.99. The molecule has 10 nitrogen and oxygen atoms in total. The van der Waals surface area contributed by atoms with Crippen LogP contribution in [0.15, 0.2) is 91.9 Å². The van der Waals surface area contributed by atoms with Crippen molar-refractivity contribution >= 4 is 18.0 Å². The van der Waals surface area contributed by atoms with Gasteiger partial charge in [0, 0.05) is 11.9 Å². The van der Waals surface area contributed by atoms with Crippen molar-refractivity contribution in [2.24, 2.45) is 0 Å². The lowest BCUT2D eigenvalue weighted by Crippen LogP contribution is -2.51. The number of unbranched alkanes of at least 4 members (excludes halogenated alkanes) is 1. The summed E-state index contributed by atoms with van der Waals surface area (Å²) in [5.74, 6) is 1.05. The van der Waals surface area contributed by atoms with Crippen LogP contribution in [-0.2, 0) is 25.7 Å². The zero-order chi connectivity index (χ0) is 33.7. The smallest absolute Gasteiger partial charge is 0.250 e. The number of aldehydes is 1. The van der Waals surface area contributed by atoms with Crippen molar-refractivity contribution in [3.8, 4) is 5.75 Å². The Balaban J connectivity index is 1.71. The molecule has 3 aromatic rings. The first-order valence-corrected chi connectivity index (χ1v) is 15.6. The average Bonchev–Trinajstić information content (AvgIpc) is 3.44. The van der Waals surface area contributed by atoms with Gasteiger partial charge in [0.15, 0.2) is 11.7 Å². The third-order valence-electron chi connectivity index (χ3n) is 6.99. The number of imidazole rings is 1. The second-order valence-electron chi connectivity index (χ2n) is 12.6. The number of anilines is 1. The first kappa shape index (κ1) is 35.9. The molecule has 1 amide bonds. The summed E-state index contributed by atoms with van der Waals surface area (Å²) in [4.78, 5) is 30.1. The maximum Gasteiger partial charge on any atom is 0.250 e. The van der Waals surface area contributed by atoms with Crippen molar-refractivity contribution in [3.05, 3.63) is 103 Å². The fourth-order valence-electron chi connectivity index (χ4n) is 4.44. The Bertz CT molecular complexity index is 1430. The van der Waals surface area contributed by atoms with Gasteiger partial charge in [0.2, 0.25) is 5.91 Å². The third kappa shape index (κ3) is 11.4. The van der Waals surface area contributed by atoms with Gasteiger partial charge in [-0.1, -0.05) is 62.4 Å². The van der Waals surface area contributed by atoms with E-state index in [9.17, 15) is 9.59 Å². The SMILES string of the molecule is C=C(NC(C)(C)C(=C)NC(COCc1ccccc1)C(=O)Nc1cn(C(C=O)c2ccc(OCCCC)cc2)cn1)OC(C)(C)C. The molecule has 0 spiro atoms. The van der Waals surface area contributed by atoms with Crippen LogP contribution in [0.3, 0.4) is 0 Å². The van der Waals surface area contributed by atoms with E-state index in [1.54, 1.807) is 10.8 Å². The number of rotatable bonds is 19. The van der Waals surface area contributed by atoms with E-state index in [0.717, 1.165) is 36.0 Å². The standard InChI is InChI=1S/C36H49N5O5/c1-9-10-20-45-30-18-16-29(17-19-30)32(22-42)41-21-33(37-25-41)39-34(43)31(24-44-23-28-14-12-11-13-15-28)38-26(2)36(7,8)40-27(3)46-35(4,5)6/h11-19,21-22,25,31-32,38,40H,2-3,9-10,20,23-24H2,1,4-8H3,(H,39,43). The summed E-state index contributed by atoms with van der Waals surface area (Å²) in [6.45, 7) is 20.9. The number of ether oxygens (including phenoxy) is 3. The summed E-state index contributed by atoms with van der Waals surface area (Å²) in [6, 6.07) is 15.7. The molecule has 0 aliphatic heterocycles. The molecular weight excluding hydrogens is 582 g/mol. The highest BCUT2D eigenvalue weighted by molar-refractivity contribution is 5.94. The van der Waals surface area contributed by atoms with E-state index in [0.29, 0.717) is 30.6 Å². The van der Waals surface area contributed by atoms with Gasteiger partial charge in [-0.25, -0.2) is 4.98 Å². The summed E-state index contributed by atoms with van der Waals surface area (Å²) < 4.78 is 19.2. The van der Waals surface area contributed by atoms with Crippen LogP contribution in [-0.4, -0.2) is 52.1 Å². The maximum absolute atomic E-state index is 13.6. The largest absolute Gasteiger partial charge is 0.494 e. The molecule has 0 aliphatic rings. The van der Waals surface area contributed by atoms with Gasteiger partial charge in [-0.05, 0) is 70.9 Å². The minimum Gasteiger partial charge on any atom is -0.494 e. The molecule has 2 unspecified atom stereocenters. The molecule has 0 saturated carbocycles. The van der Waals surface area contributed by atoms with Crippen molar-refractivity contribution in [1.29, 1.82) is 0 Å².